The Balaban J connectivity index is 0.00000300. The maximum atomic E-state index is 4.34. The van der Waals surface area contributed by atoms with Crippen molar-refractivity contribution >= 4 is 0 Å². The molecule has 3 rings (SSSR count). The fourth-order valence-corrected chi connectivity index (χ4v) is 11.8. The maximum absolute atomic E-state index is 4.34. The molecule has 0 amide bonds. The first-order valence-electron chi connectivity index (χ1n) is 10.5. The maximum Gasteiger partial charge on any atom is -1.00 e. The third-order valence-corrected chi connectivity index (χ3v) is 14.0. The standard InChI is InChI=1S/C17H25.2C5H5.ClH.Zr/c1-8-9-13-10-14(16(2,3)4)12-15(11-13)17(5,6)7;2*1-2-4-5-3-1;;/h8-12H,1H2,2-7H3;2*1-3H,4H2;1H;/q;;;;+1/p-1. The molecule has 0 N–H and O–H groups in total. The summed E-state index contributed by atoms with van der Waals surface area (Å²) in [5.41, 5.74) is 4.67. The molecule has 0 nitrogen and oxygen atoms in total. The molecule has 0 spiro atoms. The van der Waals surface area contributed by atoms with Crippen molar-refractivity contribution in [3.63, 3.8) is 0 Å². The summed E-state index contributed by atoms with van der Waals surface area (Å²) in [5, 5.41) is 0. The van der Waals surface area contributed by atoms with Crippen LogP contribution in [0.15, 0.2) is 73.9 Å². The van der Waals surface area contributed by atoms with Gasteiger partial charge in [0.25, 0.3) is 0 Å². The molecule has 0 heterocycles. The first kappa shape index (κ1) is 24.4. The van der Waals surface area contributed by atoms with E-state index in [9.17, 15) is 0 Å². The summed E-state index contributed by atoms with van der Waals surface area (Å²) in [6, 6.07) is 7.39. The summed E-state index contributed by atoms with van der Waals surface area (Å²) in [4.78, 5) is 0. The Bertz CT molecular complexity index is 807. The van der Waals surface area contributed by atoms with Crippen molar-refractivity contribution in [3.05, 3.63) is 90.6 Å². The van der Waals surface area contributed by atoms with Crippen molar-refractivity contribution in [1.29, 1.82) is 0 Å². The topological polar surface area (TPSA) is 0 Å². The first-order valence-corrected chi connectivity index (χ1v) is 14.4. The third kappa shape index (κ3) is 5.62. The molecule has 1 unspecified atom stereocenters. The van der Waals surface area contributed by atoms with Gasteiger partial charge >= 0.3 is 181 Å². The van der Waals surface area contributed by atoms with E-state index in [2.05, 4.69) is 109 Å². The van der Waals surface area contributed by atoms with Crippen molar-refractivity contribution in [2.45, 2.75) is 68.8 Å². The Hall–Kier alpha value is -0.907. The number of allylic oxidation sites excluding steroid dienone is 9. The van der Waals surface area contributed by atoms with Crippen LogP contribution in [0, 0.1) is 0 Å². The third-order valence-electron chi connectivity index (χ3n) is 5.83. The normalized spacial score (nSPS) is 16.9. The van der Waals surface area contributed by atoms with Gasteiger partial charge in [0.15, 0.2) is 0 Å². The zero-order chi connectivity index (χ0) is 20.5. The van der Waals surface area contributed by atoms with E-state index < -0.39 is 21.8 Å². The van der Waals surface area contributed by atoms with E-state index in [-0.39, 0.29) is 23.2 Å². The summed E-state index contributed by atoms with van der Waals surface area (Å²) in [6.45, 7) is 18.3. The van der Waals surface area contributed by atoms with Gasteiger partial charge in [-0.1, -0.05) is 0 Å². The summed E-state index contributed by atoms with van der Waals surface area (Å²) < 4.78 is 3.91. The zero-order valence-electron chi connectivity index (χ0n) is 18.9. The van der Waals surface area contributed by atoms with E-state index >= 15 is 0 Å². The molecule has 0 saturated carbocycles. The Morgan fingerprint density at radius 2 is 1.28 bits per heavy atom. The van der Waals surface area contributed by atoms with Crippen LogP contribution in [0.5, 0.6) is 0 Å². The molecule has 2 heteroatoms. The predicted molar refractivity (Wildman–Crippen MR) is 120 cm³/mol. The van der Waals surface area contributed by atoms with Gasteiger partial charge in [-0.15, -0.1) is 0 Å². The van der Waals surface area contributed by atoms with Crippen molar-refractivity contribution in [3.8, 4) is 0 Å². The van der Waals surface area contributed by atoms with Crippen LogP contribution in [0.3, 0.4) is 0 Å². The molecule has 0 bridgehead atoms. The molecule has 0 aliphatic heterocycles. The predicted octanol–water partition coefficient (Wildman–Crippen LogP) is 4.82. The summed E-state index contributed by atoms with van der Waals surface area (Å²) >= 11 is -2.08. The van der Waals surface area contributed by atoms with Gasteiger partial charge in [0.05, 0.1) is 0 Å². The SMILES string of the molecule is C=C[CH](c1cc(C(C)(C)C)cc(C(C)(C)C)c1)[Zr+]([C]1=CC=CC1)[C]1=CC=CC1.[Cl-]. The molecule has 1 aromatic rings. The van der Waals surface area contributed by atoms with Crippen LogP contribution in [-0.2, 0) is 32.6 Å². The van der Waals surface area contributed by atoms with Crippen molar-refractivity contribution in [2.75, 3.05) is 0 Å². The van der Waals surface area contributed by atoms with Crippen molar-refractivity contribution < 1.29 is 34.2 Å². The molecule has 2 aliphatic rings. The molecule has 0 fully saturated rings. The van der Waals surface area contributed by atoms with Gasteiger partial charge in [-0.2, -0.15) is 0 Å². The van der Waals surface area contributed by atoms with E-state index in [0.717, 1.165) is 12.8 Å². The summed E-state index contributed by atoms with van der Waals surface area (Å²) in [7, 11) is 0. The van der Waals surface area contributed by atoms with Crippen molar-refractivity contribution in [2.24, 2.45) is 0 Å². The van der Waals surface area contributed by atoms with Gasteiger partial charge < -0.3 is 12.4 Å². The zero-order valence-corrected chi connectivity index (χ0v) is 22.1. The monoisotopic (exact) mass is 484 g/mol. The van der Waals surface area contributed by atoms with E-state index in [4.69, 9.17) is 0 Å². The average molecular weight is 486 g/mol. The summed E-state index contributed by atoms with van der Waals surface area (Å²) in [6.07, 6.45) is 18.5. The van der Waals surface area contributed by atoms with Crippen molar-refractivity contribution in [1.82, 2.24) is 0 Å². The van der Waals surface area contributed by atoms with Crippen LogP contribution in [0.2, 0.25) is 0 Å². The van der Waals surface area contributed by atoms with Crippen LogP contribution < -0.4 is 12.4 Å². The van der Waals surface area contributed by atoms with Gasteiger partial charge in [0.1, 0.15) is 0 Å². The number of halogens is 1. The molecule has 0 saturated heterocycles. The minimum Gasteiger partial charge on any atom is -1.00 e. The van der Waals surface area contributed by atoms with Gasteiger partial charge in [0.2, 0.25) is 0 Å². The number of benzene rings is 1. The molecule has 1 atom stereocenters. The minimum absolute atomic E-state index is 0. The van der Waals surface area contributed by atoms with E-state index in [1.165, 1.54) is 16.7 Å². The Labute approximate surface area is 192 Å². The number of hydrogen-bond donors (Lipinski definition) is 0. The number of hydrogen-bond acceptors (Lipinski definition) is 0. The average Bonchev–Trinajstić information content (AvgIpc) is 3.31. The largest absolute Gasteiger partial charge is 1.00 e. The first-order chi connectivity index (χ1) is 13.1. The fraction of sp³-hybridized carbons (Fsp3) is 0.407. The van der Waals surface area contributed by atoms with Gasteiger partial charge in [-0.3, -0.25) is 0 Å². The molecule has 1 aromatic carbocycles. The molecular formula is C27H35ClZr. The van der Waals surface area contributed by atoms with Crippen LogP contribution in [0.4, 0.5) is 0 Å². The van der Waals surface area contributed by atoms with Gasteiger partial charge in [-0.25, -0.2) is 0 Å². The fourth-order valence-electron chi connectivity index (χ4n) is 4.02. The second-order valence-corrected chi connectivity index (χ2v) is 16.8. The Morgan fingerprint density at radius 1 is 0.828 bits per heavy atom. The van der Waals surface area contributed by atoms with E-state index in [1.807, 2.05) is 0 Å². The Morgan fingerprint density at radius 3 is 1.59 bits per heavy atom. The number of rotatable bonds is 5. The second kappa shape index (κ2) is 9.49. The van der Waals surface area contributed by atoms with Crippen LogP contribution in [0.25, 0.3) is 0 Å². The molecule has 0 aromatic heterocycles. The molecule has 0 radical (unpaired) electrons. The van der Waals surface area contributed by atoms with Crippen LogP contribution >= 0.6 is 0 Å². The van der Waals surface area contributed by atoms with Gasteiger partial charge in [0, 0.05) is 0 Å². The quantitative estimate of drug-likeness (QED) is 0.524. The molecular weight excluding hydrogens is 451 g/mol. The van der Waals surface area contributed by atoms with E-state index in [0.29, 0.717) is 3.63 Å². The van der Waals surface area contributed by atoms with E-state index in [1.54, 1.807) is 6.56 Å². The van der Waals surface area contributed by atoms with Crippen LogP contribution in [0.1, 0.15) is 74.7 Å². The second-order valence-electron chi connectivity index (χ2n) is 10.1. The molecule has 29 heavy (non-hydrogen) atoms. The summed E-state index contributed by atoms with van der Waals surface area (Å²) in [5.74, 6) is 0. The van der Waals surface area contributed by atoms with Gasteiger partial charge in [-0.05, 0) is 0 Å². The minimum atomic E-state index is -2.08. The smallest absolute Gasteiger partial charge is 1.00 e. The Kier molecular flexibility index (Phi) is 7.97. The molecule has 154 valence electrons. The van der Waals surface area contributed by atoms with Crippen LogP contribution in [-0.4, -0.2) is 0 Å². The molecule has 2 aliphatic carbocycles.